The Labute approximate surface area is 88.8 Å². The van der Waals surface area contributed by atoms with Crippen molar-refractivity contribution < 1.29 is 9.53 Å². The van der Waals surface area contributed by atoms with E-state index in [1.807, 2.05) is 24.3 Å². The number of rotatable bonds is 1. The van der Waals surface area contributed by atoms with Crippen LogP contribution in [-0.2, 0) is 4.74 Å². The van der Waals surface area contributed by atoms with E-state index in [9.17, 15) is 4.79 Å². The van der Waals surface area contributed by atoms with Crippen LogP contribution in [0.5, 0.6) is 0 Å². The molecule has 0 fully saturated rings. The molecule has 3 nitrogen and oxygen atoms in total. The molecule has 0 bridgehead atoms. The average molecular weight is 203 g/mol. The van der Waals surface area contributed by atoms with Crippen LogP contribution in [0.15, 0.2) is 48.5 Å². The van der Waals surface area contributed by atoms with E-state index >= 15 is 0 Å². The van der Waals surface area contributed by atoms with Gasteiger partial charge in [0, 0.05) is 5.69 Å². The van der Waals surface area contributed by atoms with Gasteiger partial charge in [0.2, 0.25) is 0 Å². The van der Waals surface area contributed by atoms with Crippen molar-refractivity contribution in [2.75, 3.05) is 12.8 Å². The molecule has 0 radical (unpaired) electrons. The van der Waals surface area contributed by atoms with Crippen molar-refractivity contribution in [2.45, 2.75) is 0 Å². The lowest BCUT2D eigenvalue weighted by Gasteiger charge is -1.99. The van der Waals surface area contributed by atoms with E-state index in [4.69, 9.17) is 5.73 Å². The minimum atomic E-state index is -0.439. The van der Waals surface area contributed by atoms with Crippen LogP contribution < -0.4 is 5.73 Å². The summed E-state index contributed by atoms with van der Waals surface area (Å²) in [4.78, 5) is 11.4. The van der Waals surface area contributed by atoms with E-state index < -0.39 is 5.97 Å². The third-order valence-electron chi connectivity index (χ3n) is 1.81. The van der Waals surface area contributed by atoms with Crippen molar-refractivity contribution >= 4 is 11.7 Å². The molecule has 78 valence electrons. The second-order valence-electron chi connectivity index (χ2n) is 2.85. The highest BCUT2D eigenvalue weighted by Gasteiger charge is 2.05. The number of carbonyl (C=O) groups is 1. The molecule has 0 aliphatic rings. The van der Waals surface area contributed by atoms with Crippen LogP contribution in [0.4, 0.5) is 5.69 Å². The van der Waals surface area contributed by atoms with Gasteiger partial charge in [0.05, 0.1) is 12.7 Å². The first-order valence-corrected chi connectivity index (χ1v) is 4.52. The molecule has 2 N–H and O–H groups in total. The zero-order valence-electron chi connectivity index (χ0n) is 8.51. The van der Waals surface area contributed by atoms with Crippen LogP contribution >= 0.6 is 0 Å². The zero-order valence-corrected chi connectivity index (χ0v) is 8.51. The van der Waals surface area contributed by atoms with Crippen LogP contribution in [0.25, 0.3) is 0 Å². The molecule has 0 heterocycles. The van der Waals surface area contributed by atoms with Crippen LogP contribution in [0.1, 0.15) is 10.4 Å². The highest BCUT2D eigenvalue weighted by molar-refractivity contribution is 5.94. The van der Waals surface area contributed by atoms with Crippen molar-refractivity contribution in [1.82, 2.24) is 0 Å². The molecule has 3 heteroatoms. The highest BCUT2D eigenvalue weighted by Crippen LogP contribution is 2.08. The fourth-order valence-corrected chi connectivity index (χ4v) is 1.05. The third-order valence-corrected chi connectivity index (χ3v) is 1.81. The Morgan fingerprint density at radius 3 is 2.20 bits per heavy atom. The van der Waals surface area contributed by atoms with Gasteiger partial charge < -0.3 is 10.5 Å². The highest BCUT2D eigenvalue weighted by atomic mass is 16.5. The lowest BCUT2D eigenvalue weighted by molar-refractivity contribution is 0.0602. The average Bonchev–Trinajstić information content (AvgIpc) is 2.26. The molecular weight excluding hydrogens is 190 g/mol. The van der Waals surface area contributed by atoms with E-state index in [0.29, 0.717) is 11.3 Å². The summed E-state index contributed by atoms with van der Waals surface area (Å²) in [7, 11) is 1.33. The van der Waals surface area contributed by atoms with Gasteiger partial charge in [0.15, 0.2) is 0 Å². The Bertz CT molecular complexity index is 401. The number of nitrogens with two attached hydrogens (primary N) is 1. The second kappa shape index (κ2) is 5.65. The molecule has 0 aromatic heterocycles. The molecule has 1 aromatic carbocycles. The number of carbonyl (C=O) groups excluding carboxylic acids is 1. The van der Waals surface area contributed by atoms with E-state index in [1.54, 1.807) is 24.3 Å². The summed E-state index contributed by atoms with van der Waals surface area (Å²) in [6, 6.07) is 14.2. The second-order valence-corrected chi connectivity index (χ2v) is 2.85. The van der Waals surface area contributed by atoms with Crippen molar-refractivity contribution in [3.63, 3.8) is 0 Å². The van der Waals surface area contributed by atoms with Crippen LogP contribution in [0.3, 0.4) is 0 Å². The molecule has 0 aliphatic carbocycles. The largest absolute Gasteiger partial charge is 0.465 e. The molecule has 0 unspecified atom stereocenters. The Kier molecular flexibility index (Phi) is 4.16. The zero-order chi connectivity index (χ0) is 11.1. The first kappa shape index (κ1) is 11.0. The SMILES string of the molecule is COC(=O)c1ccccccccc1N. The summed E-state index contributed by atoms with van der Waals surface area (Å²) in [5.41, 5.74) is 6.47. The normalized spacial score (nSPS) is 8.87. The van der Waals surface area contributed by atoms with Gasteiger partial charge in [0.25, 0.3) is 0 Å². The van der Waals surface area contributed by atoms with Crippen molar-refractivity contribution in [2.24, 2.45) is 0 Å². The first-order valence-electron chi connectivity index (χ1n) is 4.52. The van der Waals surface area contributed by atoms with Crippen LogP contribution in [0.2, 0.25) is 0 Å². The topological polar surface area (TPSA) is 52.3 Å². The van der Waals surface area contributed by atoms with Gasteiger partial charge in [0.1, 0.15) is 0 Å². The summed E-state index contributed by atoms with van der Waals surface area (Å²) in [6.07, 6.45) is 0. The molecule has 1 aromatic rings. The monoisotopic (exact) mass is 203 g/mol. The van der Waals surface area contributed by atoms with Crippen molar-refractivity contribution in [3.05, 3.63) is 54.1 Å². The van der Waals surface area contributed by atoms with Gasteiger partial charge in [-0.3, -0.25) is 0 Å². The molecule has 0 spiro atoms. The summed E-state index contributed by atoms with van der Waals surface area (Å²) in [5.74, 6) is -0.439. The van der Waals surface area contributed by atoms with Crippen LogP contribution in [0, 0.1) is 0 Å². The molecule has 0 aliphatic heterocycles. The van der Waals surface area contributed by atoms with Gasteiger partial charge in [-0.1, -0.05) is 36.4 Å². The predicted molar refractivity (Wildman–Crippen MR) is 59.8 cm³/mol. The maximum atomic E-state index is 11.4. The Hall–Kier alpha value is -2.03. The Morgan fingerprint density at radius 1 is 1.07 bits per heavy atom. The van der Waals surface area contributed by atoms with Gasteiger partial charge >= 0.3 is 5.97 Å². The lowest BCUT2D eigenvalue weighted by atomic mass is 10.2. The summed E-state index contributed by atoms with van der Waals surface area (Å²) in [6.45, 7) is 0. The first-order chi connectivity index (χ1) is 7.25. The molecule has 0 atom stereocenters. The van der Waals surface area contributed by atoms with Crippen molar-refractivity contribution in [3.8, 4) is 0 Å². The summed E-state index contributed by atoms with van der Waals surface area (Å²) in [5, 5.41) is 0. The molecule has 15 heavy (non-hydrogen) atoms. The van der Waals surface area contributed by atoms with E-state index in [1.165, 1.54) is 7.11 Å². The molecular formula is C12H13NO2. The molecule has 0 saturated heterocycles. The Balaban J connectivity index is 3.32. The summed E-state index contributed by atoms with van der Waals surface area (Å²) < 4.78 is 4.62. The van der Waals surface area contributed by atoms with Gasteiger partial charge in [-0.15, -0.1) is 0 Å². The number of methoxy groups -OCH3 is 1. The third kappa shape index (κ3) is 3.31. The fraction of sp³-hybridized carbons (Fsp3) is 0.0833. The van der Waals surface area contributed by atoms with Crippen LogP contribution in [-0.4, -0.2) is 13.1 Å². The quantitative estimate of drug-likeness (QED) is 0.712. The standard InChI is InChI=1S/C12H13NO2/c1-15-12(14)10-8-6-4-2-3-5-7-9-11(10)13/h2-9H,13H2,1H3. The minimum absolute atomic E-state index is 0.355. The van der Waals surface area contributed by atoms with Gasteiger partial charge in [-0.25, -0.2) is 4.79 Å². The lowest BCUT2D eigenvalue weighted by Crippen LogP contribution is -2.03. The number of ether oxygens (including phenoxy) is 1. The number of anilines is 1. The maximum Gasteiger partial charge on any atom is 0.339 e. The maximum absolute atomic E-state index is 11.4. The van der Waals surface area contributed by atoms with Gasteiger partial charge in [-0.2, -0.15) is 0 Å². The Morgan fingerprint density at radius 2 is 1.60 bits per heavy atom. The molecule has 1 rings (SSSR count). The predicted octanol–water partition coefficient (Wildman–Crippen LogP) is 2.18. The number of hydrogen-bond acceptors (Lipinski definition) is 3. The van der Waals surface area contributed by atoms with Gasteiger partial charge in [-0.05, 0) is 12.1 Å². The smallest absolute Gasteiger partial charge is 0.339 e. The van der Waals surface area contributed by atoms with Crippen molar-refractivity contribution in [1.29, 1.82) is 0 Å². The number of nitrogen functional groups attached to an aromatic ring is 1. The summed E-state index contributed by atoms with van der Waals surface area (Å²) >= 11 is 0. The molecule has 0 saturated carbocycles. The van der Waals surface area contributed by atoms with E-state index in [0.717, 1.165) is 0 Å². The number of hydrogen-bond donors (Lipinski definition) is 1. The van der Waals surface area contributed by atoms with E-state index in [-0.39, 0.29) is 0 Å². The molecule has 0 amide bonds. The van der Waals surface area contributed by atoms with E-state index in [2.05, 4.69) is 4.74 Å². The minimum Gasteiger partial charge on any atom is -0.465 e. The fourth-order valence-electron chi connectivity index (χ4n) is 1.05. The number of esters is 1.